The third kappa shape index (κ3) is 2.81. The van der Waals surface area contributed by atoms with Crippen LogP contribution < -0.4 is 0 Å². The minimum atomic E-state index is -3.87. The Morgan fingerprint density at radius 3 is 2.12 bits per heavy atom. The summed E-state index contributed by atoms with van der Waals surface area (Å²) in [6.07, 6.45) is 0. The van der Waals surface area contributed by atoms with Gasteiger partial charge >= 0.3 is 0 Å². The Bertz CT molecular complexity index is 148. The van der Waals surface area contributed by atoms with E-state index in [0.29, 0.717) is 0 Å². The Labute approximate surface area is 57.4 Å². The van der Waals surface area contributed by atoms with E-state index in [4.69, 9.17) is 4.55 Å². The van der Waals surface area contributed by atoms with Crippen molar-refractivity contribution >= 4 is 32.6 Å². The van der Waals surface area contributed by atoms with Crippen LogP contribution in [0.1, 0.15) is 6.92 Å². The summed E-state index contributed by atoms with van der Waals surface area (Å²) in [5, 5.41) is 0. The van der Waals surface area contributed by atoms with Crippen molar-refractivity contribution in [3.63, 3.8) is 0 Å². The van der Waals surface area contributed by atoms with E-state index in [0.717, 1.165) is 10.8 Å². The fourth-order valence-electron chi connectivity index (χ4n) is 0.0544. The topological polar surface area (TPSA) is 54.4 Å². The SMILES string of the molecule is CC(SS)S(=O)(=O)O. The number of hydrogen-bond donors (Lipinski definition) is 2. The third-order valence-electron chi connectivity index (χ3n) is 0.568. The molecule has 0 amide bonds. The smallest absolute Gasteiger partial charge is 0.277 e. The lowest BCUT2D eigenvalue weighted by atomic mass is 11.0. The first-order valence-electron chi connectivity index (χ1n) is 1.75. The molecule has 0 fully saturated rings. The molecule has 1 unspecified atom stereocenters. The largest absolute Gasteiger partial charge is 0.285 e. The van der Waals surface area contributed by atoms with Crippen molar-refractivity contribution in [2.75, 3.05) is 0 Å². The molecule has 0 spiro atoms. The minimum absolute atomic E-state index is 0.788. The Morgan fingerprint density at radius 2 is 2.12 bits per heavy atom. The standard InChI is InChI=1S/C2H6O3S3/c1-2(7-6)8(3,4)5/h2,6H,1H3,(H,3,4,5). The van der Waals surface area contributed by atoms with E-state index < -0.39 is 14.7 Å². The van der Waals surface area contributed by atoms with E-state index in [2.05, 4.69) is 11.7 Å². The zero-order valence-electron chi connectivity index (χ0n) is 4.10. The van der Waals surface area contributed by atoms with Crippen molar-refractivity contribution in [1.82, 2.24) is 0 Å². The van der Waals surface area contributed by atoms with Gasteiger partial charge in [-0.15, -0.1) is 11.7 Å². The molecule has 0 heterocycles. The molecule has 1 atom stereocenters. The van der Waals surface area contributed by atoms with E-state index in [1.54, 1.807) is 0 Å². The Hall–Kier alpha value is 0.610. The van der Waals surface area contributed by atoms with Crippen LogP contribution in [0.5, 0.6) is 0 Å². The van der Waals surface area contributed by atoms with Crippen molar-refractivity contribution in [1.29, 1.82) is 0 Å². The molecule has 8 heavy (non-hydrogen) atoms. The van der Waals surface area contributed by atoms with Crippen LogP contribution in [0.4, 0.5) is 0 Å². The van der Waals surface area contributed by atoms with Gasteiger partial charge in [0.25, 0.3) is 10.1 Å². The minimum Gasteiger partial charge on any atom is -0.285 e. The van der Waals surface area contributed by atoms with E-state index in [9.17, 15) is 8.42 Å². The predicted molar refractivity (Wildman–Crippen MR) is 37.6 cm³/mol. The maximum absolute atomic E-state index is 10.0. The third-order valence-corrected chi connectivity index (χ3v) is 4.10. The fraction of sp³-hybridized carbons (Fsp3) is 1.00. The molecule has 0 radical (unpaired) electrons. The van der Waals surface area contributed by atoms with Gasteiger partial charge in [0.2, 0.25) is 0 Å². The molecule has 50 valence electrons. The molecular formula is C2H6O3S3. The summed E-state index contributed by atoms with van der Waals surface area (Å²) in [7, 11) is -3.08. The first-order chi connectivity index (χ1) is 3.48. The molecule has 0 aromatic heterocycles. The highest BCUT2D eigenvalue weighted by atomic mass is 33.1. The lowest BCUT2D eigenvalue weighted by Gasteiger charge is -1.99. The Kier molecular flexibility index (Phi) is 3.18. The van der Waals surface area contributed by atoms with Crippen LogP contribution in [0.2, 0.25) is 0 Å². The van der Waals surface area contributed by atoms with Gasteiger partial charge in [-0.25, -0.2) is 0 Å². The highest BCUT2D eigenvalue weighted by Gasteiger charge is 2.14. The van der Waals surface area contributed by atoms with E-state index in [-0.39, 0.29) is 0 Å². The average molecular weight is 174 g/mol. The highest BCUT2D eigenvalue weighted by Crippen LogP contribution is 2.17. The van der Waals surface area contributed by atoms with Crippen LogP contribution in [0.25, 0.3) is 0 Å². The molecule has 0 aliphatic carbocycles. The summed E-state index contributed by atoms with van der Waals surface area (Å²) < 4.78 is 27.4. The number of hydrogen-bond acceptors (Lipinski definition) is 4. The summed E-state index contributed by atoms with van der Waals surface area (Å²) in [4.78, 5) is 0. The second-order valence-corrected chi connectivity index (χ2v) is 4.77. The molecule has 0 aliphatic heterocycles. The zero-order chi connectivity index (χ0) is 6.78. The number of rotatable bonds is 2. The lowest BCUT2D eigenvalue weighted by molar-refractivity contribution is 0.482. The molecule has 1 N–H and O–H groups in total. The normalized spacial score (nSPS) is 15.9. The van der Waals surface area contributed by atoms with Gasteiger partial charge in [-0.1, -0.05) is 10.8 Å². The molecule has 0 aliphatic rings. The first-order valence-corrected chi connectivity index (χ1v) is 5.18. The molecule has 0 saturated carbocycles. The summed E-state index contributed by atoms with van der Waals surface area (Å²) in [6, 6.07) is 0. The van der Waals surface area contributed by atoms with Gasteiger partial charge in [-0.3, -0.25) is 4.55 Å². The van der Waals surface area contributed by atoms with Crippen LogP contribution in [0.15, 0.2) is 0 Å². The van der Waals surface area contributed by atoms with Gasteiger partial charge in [0.1, 0.15) is 4.58 Å². The maximum atomic E-state index is 10.0. The first kappa shape index (κ1) is 8.61. The van der Waals surface area contributed by atoms with Crippen LogP contribution in [-0.4, -0.2) is 17.6 Å². The average Bonchev–Trinajstić information content (AvgIpc) is 1.62. The Balaban J connectivity index is 4.04. The van der Waals surface area contributed by atoms with Crippen molar-refractivity contribution in [2.24, 2.45) is 0 Å². The summed E-state index contributed by atoms with van der Waals surface area (Å²) >= 11 is 3.59. The van der Waals surface area contributed by atoms with Crippen molar-refractivity contribution in [3.8, 4) is 0 Å². The predicted octanol–water partition coefficient (Wildman–Crippen LogP) is 0.798. The van der Waals surface area contributed by atoms with E-state index in [1.807, 2.05) is 0 Å². The summed E-state index contributed by atoms with van der Waals surface area (Å²) in [5.74, 6) is 0. The van der Waals surface area contributed by atoms with Crippen LogP contribution in [0, 0.1) is 0 Å². The maximum Gasteiger partial charge on any atom is 0.277 e. The van der Waals surface area contributed by atoms with Gasteiger partial charge in [0, 0.05) is 0 Å². The van der Waals surface area contributed by atoms with E-state index in [1.165, 1.54) is 6.92 Å². The molecule has 0 aromatic carbocycles. The second-order valence-electron chi connectivity index (χ2n) is 1.19. The van der Waals surface area contributed by atoms with E-state index >= 15 is 0 Å². The molecule has 0 bridgehead atoms. The second kappa shape index (κ2) is 2.95. The molecular weight excluding hydrogens is 168 g/mol. The molecule has 6 heteroatoms. The van der Waals surface area contributed by atoms with Crippen molar-refractivity contribution < 1.29 is 13.0 Å². The van der Waals surface area contributed by atoms with Crippen molar-refractivity contribution in [3.05, 3.63) is 0 Å². The Morgan fingerprint density at radius 1 is 1.75 bits per heavy atom. The van der Waals surface area contributed by atoms with Gasteiger partial charge < -0.3 is 0 Å². The highest BCUT2D eigenvalue weighted by molar-refractivity contribution is 8.70. The summed E-state index contributed by atoms with van der Waals surface area (Å²) in [5.41, 5.74) is 0. The molecule has 0 rings (SSSR count). The van der Waals surface area contributed by atoms with Gasteiger partial charge in [-0.2, -0.15) is 8.42 Å². The van der Waals surface area contributed by atoms with Crippen LogP contribution in [-0.2, 0) is 10.1 Å². The van der Waals surface area contributed by atoms with Crippen LogP contribution in [0.3, 0.4) is 0 Å². The van der Waals surface area contributed by atoms with Crippen LogP contribution >= 0.6 is 22.5 Å². The quantitative estimate of drug-likeness (QED) is 0.369. The van der Waals surface area contributed by atoms with Gasteiger partial charge in [-0.05, 0) is 6.92 Å². The number of thiol groups is 1. The summed E-state index contributed by atoms with van der Waals surface area (Å²) in [6.45, 7) is 1.35. The monoisotopic (exact) mass is 174 g/mol. The van der Waals surface area contributed by atoms with Crippen molar-refractivity contribution in [2.45, 2.75) is 11.5 Å². The lowest BCUT2D eigenvalue weighted by Crippen LogP contribution is -2.10. The van der Waals surface area contributed by atoms with Gasteiger partial charge in [0.15, 0.2) is 0 Å². The fourth-order valence-corrected chi connectivity index (χ4v) is 1.47. The molecule has 0 aromatic rings. The molecule has 3 nitrogen and oxygen atoms in total. The zero-order valence-corrected chi connectivity index (χ0v) is 6.63. The molecule has 0 saturated heterocycles. The van der Waals surface area contributed by atoms with Gasteiger partial charge in [0.05, 0.1) is 0 Å².